The standard InChI is InChI=1S/C16H24N6O2/c1-4-22-11-19-21-15(22)10-18-16(17)20-13-9-12(23-5-2)7-8-14(13)24-6-3/h7-9,11H,4-6,10H2,1-3H3,(H3,17,18,20). The van der Waals surface area contributed by atoms with Gasteiger partial charge in [0.25, 0.3) is 0 Å². The molecule has 8 heteroatoms. The Bertz CT molecular complexity index is 683. The number of benzene rings is 1. The fourth-order valence-electron chi connectivity index (χ4n) is 2.14. The summed E-state index contributed by atoms with van der Waals surface area (Å²) in [6, 6.07) is 5.54. The molecule has 0 bridgehead atoms. The van der Waals surface area contributed by atoms with E-state index in [0.717, 1.165) is 18.1 Å². The number of nitrogens with one attached hydrogen (secondary N) is 1. The second-order valence-electron chi connectivity index (χ2n) is 4.88. The second-order valence-corrected chi connectivity index (χ2v) is 4.88. The number of anilines is 1. The molecule has 3 N–H and O–H groups in total. The van der Waals surface area contributed by atoms with Crippen LogP contribution < -0.4 is 20.5 Å². The number of guanidine groups is 1. The molecule has 0 saturated carbocycles. The van der Waals surface area contributed by atoms with Gasteiger partial charge in [-0.15, -0.1) is 10.2 Å². The summed E-state index contributed by atoms with van der Waals surface area (Å²) in [6.07, 6.45) is 1.67. The molecule has 1 aromatic heterocycles. The van der Waals surface area contributed by atoms with E-state index in [1.54, 1.807) is 6.33 Å². The molecular weight excluding hydrogens is 308 g/mol. The monoisotopic (exact) mass is 332 g/mol. The molecule has 1 aromatic carbocycles. The van der Waals surface area contributed by atoms with Crippen LogP contribution in [0.2, 0.25) is 0 Å². The lowest BCUT2D eigenvalue weighted by Gasteiger charge is -2.14. The first kappa shape index (κ1) is 17.6. The minimum absolute atomic E-state index is 0.273. The summed E-state index contributed by atoms with van der Waals surface area (Å²) in [5, 5.41) is 11.0. The molecule has 2 aromatic rings. The molecule has 24 heavy (non-hydrogen) atoms. The number of aryl methyl sites for hydroxylation is 1. The molecule has 130 valence electrons. The van der Waals surface area contributed by atoms with Crippen molar-refractivity contribution >= 4 is 11.6 Å². The zero-order valence-corrected chi connectivity index (χ0v) is 14.3. The van der Waals surface area contributed by atoms with Gasteiger partial charge in [0.1, 0.15) is 24.4 Å². The van der Waals surface area contributed by atoms with Gasteiger partial charge in [-0.1, -0.05) is 0 Å². The summed E-state index contributed by atoms with van der Waals surface area (Å²) in [4.78, 5) is 4.31. The number of aliphatic imine (C=N–C) groups is 1. The van der Waals surface area contributed by atoms with E-state index >= 15 is 0 Å². The third-order valence-electron chi connectivity index (χ3n) is 3.25. The molecule has 0 radical (unpaired) electrons. The van der Waals surface area contributed by atoms with Gasteiger partial charge in [0.2, 0.25) is 0 Å². The predicted molar refractivity (Wildman–Crippen MR) is 93.4 cm³/mol. The summed E-state index contributed by atoms with van der Waals surface area (Å²) in [5.41, 5.74) is 6.70. The van der Waals surface area contributed by atoms with E-state index in [2.05, 4.69) is 20.5 Å². The summed E-state index contributed by atoms with van der Waals surface area (Å²) < 4.78 is 13.0. The third kappa shape index (κ3) is 4.61. The van der Waals surface area contributed by atoms with Crippen LogP contribution in [0.4, 0.5) is 5.69 Å². The molecule has 0 aliphatic rings. The molecule has 0 unspecified atom stereocenters. The Labute approximate surface area is 141 Å². The lowest BCUT2D eigenvalue weighted by molar-refractivity contribution is 0.332. The molecule has 0 spiro atoms. The lowest BCUT2D eigenvalue weighted by atomic mass is 10.2. The van der Waals surface area contributed by atoms with Crippen molar-refractivity contribution in [3.05, 3.63) is 30.4 Å². The summed E-state index contributed by atoms with van der Waals surface area (Å²) in [7, 11) is 0. The van der Waals surface area contributed by atoms with Crippen LogP contribution in [0.3, 0.4) is 0 Å². The first-order chi connectivity index (χ1) is 11.7. The van der Waals surface area contributed by atoms with Gasteiger partial charge in [0.05, 0.1) is 18.9 Å². The number of hydrogen-bond donors (Lipinski definition) is 2. The van der Waals surface area contributed by atoms with E-state index in [1.807, 2.05) is 43.5 Å². The van der Waals surface area contributed by atoms with Crippen LogP contribution >= 0.6 is 0 Å². The van der Waals surface area contributed by atoms with E-state index in [0.29, 0.717) is 31.2 Å². The van der Waals surface area contributed by atoms with Crippen LogP contribution in [0.5, 0.6) is 11.5 Å². The van der Waals surface area contributed by atoms with Crippen molar-refractivity contribution in [3.8, 4) is 11.5 Å². The zero-order valence-electron chi connectivity index (χ0n) is 14.3. The van der Waals surface area contributed by atoms with Crippen LogP contribution in [-0.2, 0) is 13.1 Å². The van der Waals surface area contributed by atoms with Gasteiger partial charge in [0, 0.05) is 12.6 Å². The van der Waals surface area contributed by atoms with Gasteiger partial charge in [0.15, 0.2) is 11.8 Å². The van der Waals surface area contributed by atoms with Crippen LogP contribution in [0.1, 0.15) is 26.6 Å². The van der Waals surface area contributed by atoms with Gasteiger partial charge < -0.3 is 25.1 Å². The van der Waals surface area contributed by atoms with Crippen molar-refractivity contribution in [2.24, 2.45) is 10.7 Å². The van der Waals surface area contributed by atoms with Gasteiger partial charge in [-0.3, -0.25) is 0 Å². The highest BCUT2D eigenvalue weighted by molar-refractivity contribution is 5.93. The van der Waals surface area contributed by atoms with Crippen molar-refractivity contribution in [1.82, 2.24) is 14.8 Å². The van der Waals surface area contributed by atoms with E-state index in [1.165, 1.54) is 0 Å². The first-order valence-corrected chi connectivity index (χ1v) is 8.01. The minimum Gasteiger partial charge on any atom is -0.494 e. The highest BCUT2D eigenvalue weighted by Crippen LogP contribution is 2.29. The molecule has 0 amide bonds. The van der Waals surface area contributed by atoms with Crippen LogP contribution in [0.25, 0.3) is 0 Å². The Morgan fingerprint density at radius 1 is 1.25 bits per heavy atom. The number of hydrogen-bond acceptors (Lipinski definition) is 5. The Hall–Kier alpha value is -2.77. The number of ether oxygens (including phenoxy) is 2. The topological polar surface area (TPSA) is 99.6 Å². The van der Waals surface area contributed by atoms with Crippen molar-refractivity contribution < 1.29 is 9.47 Å². The molecule has 8 nitrogen and oxygen atoms in total. The maximum absolute atomic E-state index is 5.99. The molecule has 0 atom stereocenters. The Balaban J connectivity index is 2.12. The Morgan fingerprint density at radius 2 is 2.04 bits per heavy atom. The first-order valence-electron chi connectivity index (χ1n) is 8.01. The molecule has 0 fully saturated rings. The number of nitrogens with two attached hydrogens (primary N) is 1. The fraction of sp³-hybridized carbons (Fsp3) is 0.438. The summed E-state index contributed by atoms with van der Waals surface area (Å²) >= 11 is 0. The quantitative estimate of drug-likeness (QED) is 0.567. The Morgan fingerprint density at radius 3 is 2.75 bits per heavy atom. The van der Waals surface area contributed by atoms with Crippen LogP contribution in [0, 0.1) is 0 Å². The van der Waals surface area contributed by atoms with Gasteiger partial charge in [-0.05, 0) is 32.9 Å². The van der Waals surface area contributed by atoms with E-state index in [-0.39, 0.29) is 5.96 Å². The minimum atomic E-state index is 0.273. The molecule has 1 heterocycles. The van der Waals surface area contributed by atoms with E-state index in [9.17, 15) is 0 Å². The maximum atomic E-state index is 5.99. The van der Waals surface area contributed by atoms with Crippen molar-refractivity contribution in [3.63, 3.8) is 0 Å². The van der Waals surface area contributed by atoms with Crippen LogP contribution in [0.15, 0.2) is 29.5 Å². The number of aromatic nitrogens is 3. The molecule has 2 rings (SSSR count). The summed E-state index contributed by atoms with van der Waals surface area (Å²) in [6.45, 7) is 8.16. The van der Waals surface area contributed by atoms with Gasteiger partial charge in [-0.25, -0.2) is 4.99 Å². The maximum Gasteiger partial charge on any atom is 0.193 e. The third-order valence-corrected chi connectivity index (χ3v) is 3.25. The normalized spacial score (nSPS) is 11.4. The molecule has 0 saturated heterocycles. The molecule has 0 aliphatic heterocycles. The second kappa shape index (κ2) is 8.76. The molecule has 0 aliphatic carbocycles. The molecular formula is C16H24N6O2. The Kier molecular flexibility index (Phi) is 6.41. The number of nitrogens with zero attached hydrogens (tertiary/aromatic N) is 4. The smallest absolute Gasteiger partial charge is 0.193 e. The lowest BCUT2D eigenvalue weighted by Crippen LogP contribution is -2.23. The zero-order chi connectivity index (χ0) is 17.4. The largest absolute Gasteiger partial charge is 0.494 e. The summed E-state index contributed by atoms with van der Waals surface area (Å²) in [5.74, 6) is 2.46. The van der Waals surface area contributed by atoms with Crippen LogP contribution in [-0.4, -0.2) is 33.9 Å². The highest BCUT2D eigenvalue weighted by atomic mass is 16.5. The number of rotatable bonds is 8. The highest BCUT2D eigenvalue weighted by Gasteiger charge is 2.08. The van der Waals surface area contributed by atoms with E-state index in [4.69, 9.17) is 15.2 Å². The van der Waals surface area contributed by atoms with Gasteiger partial charge in [-0.2, -0.15) is 0 Å². The van der Waals surface area contributed by atoms with Crippen molar-refractivity contribution in [2.75, 3.05) is 18.5 Å². The predicted octanol–water partition coefficient (Wildman–Crippen LogP) is 2.02. The average Bonchev–Trinajstić information content (AvgIpc) is 3.03. The fourth-order valence-corrected chi connectivity index (χ4v) is 2.14. The van der Waals surface area contributed by atoms with E-state index < -0.39 is 0 Å². The average molecular weight is 332 g/mol. The van der Waals surface area contributed by atoms with Crippen molar-refractivity contribution in [2.45, 2.75) is 33.9 Å². The van der Waals surface area contributed by atoms with Crippen molar-refractivity contribution in [1.29, 1.82) is 0 Å². The van der Waals surface area contributed by atoms with Gasteiger partial charge >= 0.3 is 0 Å². The SMILES string of the molecule is CCOc1ccc(OCC)c(NC(N)=NCc2nncn2CC)c1.